The first-order valence-electron chi connectivity index (χ1n) is 6.70. The number of nitrogens with zero attached hydrogens (tertiary/aromatic N) is 2. The molecule has 1 atom stereocenters. The van der Waals surface area contributed by atoms with E-state index in [2.05, 4.69) is 34.7 Å². The van der Waals surface area contributed by atoms with E-state index in [0.29, 0.717) is 5.69 Å². The van der Waals surface area contributed by atoms with Crippen LogP contribution in [0.5, 0.6) is 0 Å². The fourth-order valence-electron chi connectivity index (χ4n) is 2.65. The predicted molar refractivity (Wildman–Crippen MR) is 80.4 cm³/mol. The Morgan fingerprint density at radius 1 is 1.35 bits per heavy atom. The molecule has 1 aromatic carbocycles. The zero-order valence-corrected chi connectivity index (χ0v) is 12.0. The van der Waals surface area contributed by atoms with Gasteiger partial charge in [-0.05, 0) is 30.4 Å². The number of nitrogens with one attached hydrogen (secondary N) is 1. The molecule has 0 bridgehead atoms. The summed E-state index contributed by atoms with van der Waals surface area (Å²) in [7, 11) is 1.59. The third-order valence-electron chi connectivity index (χ3n) is 3.78. The summed E-state index contributed by atoms with van der Waals surface area (Å²) in [5.74, 6) is 0. The van der Waals surface area contributed by atoms with E-state index in [0.717, 1.165) is 19.3 Å². The van der Waals surface area contributed by atoms with Crippen LogP contribution in [0.15, 0.2) is 35.3 Å². The Morgan fingerprint density at radius 3 is 2.90 bits per heavy atom. The smallest absolute Gasteiger partial charge is 0.287 e. The Hall–Kier alpha value is -1.81. The number of hydrogen-bond donors (Lipinski definition) is 1. The molecule has 0 fully saturated rings. The highest BCUT2D eigenvalue weighted by molar-refractivity contribution is 6.32. The maximum atomic E-state index is 11.8. The van der Waals surface area contributed by atoms with Crippen molar-refractivity contribution < 1.29 is 0 Å². The minimum absolute atomic E-state index is 0.210. The second kappa shape index (κ2) is 5.29. The van der Waals surface area contributed by atoms with Crippen LogP contribution in [0.4, 0.5) is 5.69 Å². The van der Waals surface area contributed by atoms with Gasteiger partial charge in [0.05, 0.1) is 11.9 Å². The minimum atomic E-state index is -0.270. The zero-order chi connectivity index (χ0) is 14.1. The number of benzene rings is 1. The average Bonchev–Trinajstić information content (AvgIpc) is 2.48. The summed E-state index contributed by atoms with van der Waals surface area (Å²) in [6.45, 7) is 0. The van der Waals surface area contributed by atoms with Crippen LogP contribution in [0, 0.1) is 0 Å². The molecule has 1 aliphatic carbocycles. The molecule has 0 unspecified atom stereocenters. The second-order valence-corrected chi connectivity index (χ2v) is 5.53. The third kappa shape index (κ3) is 2.43. The van der Waals surface area contributed by atoms with Gasteiger partial charge in [-0.1, -0.05) is 35.9 Å². The number of halogens is 1. The summed E-state index contributed by atoms with van der Waals surface area (Å²) in [6, 6.07) is 8.77. The molecule has 2 aromatic rings. The van der Waals surface area contributed by atoms with Gasteiger partial charge in [0.2, 0.25) is 0 Å². The Bertz CT molecular complexity index is 696. The summed E-state index contributed by atoms with van der Waals surface area (Å²) in [5.41, 5.74) is 3.13. The highest BCUT2D eigenvalue weighted by Crippen LogP contribution is 2.25. The summed E-state index contributed by atoms with van der Waals surface area (Å²) in [5, 5.41) is 7.57. The van der Waals surface area contributed by atoms with Crippen molar-refractivity contribution in [2.45, 2.75) is 25.3 Å². The predicted octanol–water partition coefficient (Wildman–Crippen LogP) is 2.40. The molecular formula is C15H16ClN3O. The second-order valence-electron chi connectivity index (χ2n) is 5.15. The van der Waals surface area contributed by atoms with E-state index in [9.17, 15) is 4.79 Å². The Labute approximate surface area is 122 Å². The number of rotatable bonds is 2. The number of fused-ring (bicyclic) bond motifs is 1. The fourth-order valence-corrected chi connectivity index (χ4v) is 2.88. The van der Waals surface area contributed by atoms with Gasteiger partial charge >= 0.3 is 0 Å². The van der Waals surface area contributed by atoms with Crippen LogP contribution in [-0.4, -0.2) is 15.8 Å². The van der Waals surface area contributed by atoms with Gasteiger partial charge in [-0.25, -0.2) is 4.68 Å². The first kappa shape index (κ1) is 13.2. The van der Waals surface area contributed by atoms with Crippen molar-refractivity contribution in [1.29, 1.82) is 0 Å². The average molecular weight is 290 g/mol. The molecule has 1 aliphatic rings. The van der Waals surface area contributed by atoms with Crippen LogP contribution >= 0.6 is 11.6 Å². The maximum Gasteiger partial charge on any atom is 0.287 e. The molecule has 0 amide bonds. The third-order valence-corrected chi connectivity index (χ3v) is 4.15. The van der Waals surface area contributed by atoms with Crippen LogP contribution in [-0.2, 0) is 19.9 Å². The molecule has 4 nitrogen and oxygen atoms in total. The normalized spacial score (nSPS) is 17.6. The molecular weight excluding hydrogens is 274 g/mol. The molecule has 1 heterocycles. The SMILES string of the molecule is Cn1ncc(N[C@H]2CCc3ccccc3C2)c(Cl)c1=O. The molecule has 0 saturated heterocycles. The van der Waals surface area contributed by atoms with Crippen LogP contribution in [0.2, 0.25) is 5.02 Å². The molecule has 0 spiro atoms. The lowest BCUT2D eigenvalue weighted by atomic mass is 9.88. The van der Waals surface area contributed by atoms with Gasteiger partial charge in [0, 0.05) is 13.1 Å². The van der Waals surface area contributed by atoms with Crippen molar-refractivity contribution in [1.82, 2.24) is 9.78 Å². The maximum absolute atomic E-state index is 11.8. The summed E-state index contributed by atoms with van der Waals surface area (Å²) >= 11 is 6.08. The van der Waals surface area contributed by atoms with Gasteiger partial charge in [0.15, 0.2) is 0 Å². The molecule has 104 valence electrons. The highest BCUT2D eigenvalue weighted by Gasteiger charge is 2.19. The van der Waals surface area contributed by atoms with E-state index in [-0.39, 0.29) is 16.6 Å². The monoisotopic (exact) mass is 289 g/mol. The minimum Gasteiger partial charge on any atom is -0.379 e. The number of anilines is 1. The van der Waals surface area contributed by atoms with Crippen LogP contribution in [0.1, 0.15) is 17.5 Å². The van der Waals surface area contributed by atoms with Gasteiger partial charge in [-0.2, -0.15) is 5.10 Å². The highest BCUT2D eigenvalue weighted by atomic mass is 35.5. The quantitative estimate of drug-likeness (QED) is 0.923. The Morgan fingerprint density at radius 2 is 2.10 bits per heavy atom. The van der Waals surface area contributed by atoms with Crippen LogP contribution in [0.3, 0.4) is 0 Å². The van der Waals surface area contributed by atoms with Gasteiger partial charge in [0.25, 0.3) is 5.56 Å². The largest absolute Gasteiger partial charge is 0.379 e. The van der Waals surface area contributed by atoms with Crippen molar-refractivity contribution in [2.24, 2.45) is 7.05 Å². The van der Waals surface area contributed by atoms with E-state index in [1.165, 1.54) is 15.8 Å². The molecule has 20 heavy (non-hydrogen) atoms. The van der Waals surface area contributed by atoms with Crippen molar-refractivity contribution in [3.05, 3.63) is 57.0 Å². The van der Waals surface area contributed by atoms with Crippen LogP contribution in [0.25, 0.3) is 0 Å². The molecule has 0 radical (unpaired) electrons. The van der Waals surface area contributed by atoms with Crippen molar-refractivity contribution in [2.75, 3.05) is 5.32 Å². The first-order valence-corrected chi connectivity index (χ1v) is 7.08. The Kier molecular flexibility index (Phi) is 3.49. The fraction of sp³-hybridized carbons (Fsp3) is 0.333. The van der Waals surface area contributed by atoms with Crippen molar-refractivity contribution in [3.63, 3.8) is 0 Å². The van der Waals surface area contributed by atoms with Gasteiger partial charge < -0.3 is 5.32 Å². The Balaban J connectivity index is 1.81. The van der Waals surface area contributed by atoms with E-state index in [1.807, 2.05) is 0 Å². The first-order chi connectivity index (χ1) is 9.65. The van der Waals surface area contributed by atoms with Crippen molar-refractivity contribution in [3.8, 4) is 0 Å². The molecule has 3 rings (SSSR count). The van der Waals surface area contributed by atoms with Crippen LogP contribution < -0.4 is 10.9 Å². The summed E-state index contributed by atoms with van der Waals surface area (Å²) in [4.78, 5) is 11.8. The molecule has 5 heteroatoms. The lowest BCUT2D eigenvalue weighted by Crippen LogP contribution is -2.29. The molecule has 1 N–H and O–H groups in total. The van der Waals surface area contributed by atoms with Gasteiger partial charge in [0.1, 0.15) is 5.02 Å². The standard InChI is InChI=1S/C15H16ClN3O/c1-19-15(20)14(16)13(9-17-19)18-12-7-6-10-4-2-3-5-11(10)8-12/h2-5,9,12,18H,6-8H2,1H3/t12-/m0/s1. The van der Waals surface area contributed by atoms with Crippen molar-refractivity contribution >= 4 is 17.3 Å². The topological polar surface area (TPSA) is 46.9 Å². The number of aromatic nitrogens is 2. The number of aryl methyl sites for hydroxylation is 2. The summed E-state index contributed by atoms with van der Waals surface area (Å²) in [6.07, 6.45) is 4.64. The zero-order valence-electron chi connectivity index (χ0n) is 11.3. The molecule has 0 aliphatic heterocycles. The van der Waals surface area contributed by atoms with E-state index in [4.69, 9.17) is 11.6 Å². The van der Waals surface area contributed by atoms with Gasteiger partial charge in [-0.15, -0.1) is 0 Å². The molecule has 0 saturated carbocycles. The lowest BCUT2D eigenvalue weighted by Gasteiger charge is -2.26. The van der Waals surface area contributed by atoms with E-state index in [1.54, 1.807) is 13.2 Å². The van der Waals surface area contributed by atoms with E-state index >= 15 is 0 Å². The summed E-state index contributed by atoms with van der Waals surface area (Å²) < 4.78 is 1.24. The van der Waals surface area contributed by atoms with Gasteiger partial charge in [-0.3, -0.25) is 4.79 Å². The lowest BCUT2D eigenvalue weighted by molar-refractivity contribution is 0.608. The molecule has 1 aromatic heterocycles. The van der Waals surface area contributed by atoms with E-state index < -0.39 is 0 Å². The number of hydrogen-bond acceptors (Lipinski definition) is 3.